The summed E-state index contributed by atoms with van der Waals surface area (Å²) in [4.78, 5) is 24.8. The van der Waals surface area contributed by atoms with Gasteiger partial charge >= 0.3 is 21.6 Å². The molecule has 38 heavy (non-hydrogen) atoms. The van der Waals surface area contributed by atoms with Gasteiger partial charge in [-0.3, -0.25) is 0 Å². The van der Waals surface area contributed by atoms with Crippen molar-refractivity contribution >= 4 is 41.0 Å². The number of fused-ring (bicyclic) bond motifs is 1. The highest BCUT2D eigenvalue weighted by Gasteiger charge is 2.49. The van der Waals surface area contributed by atoms with Gasteiger partial charge in [0.2, 0.25) is 0 Å². The zero-order chi connectivity index (χ0) is 28.3. The SMILES string of the molecule is COC(=O)c1c(N(C)CCN2CCCC2)nc(OS(=O)(=O)C(F)(F)F)c2ncn(COCC[Si](C)(C)C)c12. The van der Waals surface area contributed by atoms with Gasteiger partial charge in [-0.15, -0.1) is 0 Å². The fourth-order valence-corrected chi connectivity index (χ4v) is 5.11. The van der Waals surface area contributed by atoms with Crippen LogP contribution in [0.3, 0.4) is 0 Å². The Morgan fingerprint density at radius 2 is 1.87 bits per heavy atom. The summed E-state index contributed by atoms with van der Waals surface area (Å²) in [6.45, 7) is 9.65. The van der Waals surface area contributed by atoms with Crippen LogP contribution < -0.4 is 9.08 Å². The average molecular weight is 582 g/mol. The van der Waals surface area contributed by atoms with Crippen LogP contribution in [0, 0.1) is 0 Å². The van der Waals surface area contributed by atoms with Crippen LogP contribution in [-0.4, -0.2) is 94.3 Å². The number of esters is 1. The molecule has 0 saturated carbocycles. The van der Waals surface area contributed by atoms with E-state index in [4.69, 9.17) is 9.47 Å². The zero-order valence-corrected chi connectivity index (χ0v) is 24.0. The third-order valence-electron chi connectivity index (χ3n) is 6.11. The number of imidazole rings is 1. The molecule has 0 radical (unpaired) electrons. The summed E-state index contributed by atoms with van der Waals surface area (Å²) in [5.41, 5.74) is -6.12. The number of rotatable bonds is 12. The van der Waals surface area contributed by atoms with Crippen molar-refractivity contribution in [2.75, 3.05) is 51.8 Å². The first-order valence-electron chi connectivity index (χ1n) is 12.1. The van der Waals surface area contributed by atoms with Gasteiger partial charge in [-0.05, 0) is 32.0 Å². The maximum absolute atomic E-state index is 13.2. The summed E-state index contributed by atoms with van der Waals surface area (Å²) < 4.78 is 79.8. The summed E-state index contributed by atoms with van der Waals surface area (Å²) in [6, 6.07) is 0.855. The van der Waals surface area contributed by atoms with Gasteiger partial charge in [-0.1, -0.05) is 19.6 Å². The molecule has 2 aromatic heterocycles. The summed E-state index contributed by atoms with van der Waals surface area (Å²) in [6.07, 6.45) is 3.35. The first kappa shape index (κ1) is 30.1. The van der Waals surface area contributed by atoms with E-state index in [1.807, 2.05) is 0 Å². The topological polar surface area (TPSA) is 116 Å². The van der Waals surface area contributed by atoms with E-state index in [9.17, 15) is 26.4 Å². The number of halogens is 3. The number of methoxy groups -OCH3 is 1. The lowest BCUT2D eigenvalue weighted by Crippen LogP contribution is -2.33. The van der Waals surface area contributed by atoms with Crippen LogP contribution in [0.2, 0.25) is 25.7 Å². The molecule has 0 unspecified atom stereocenters. The second kappa shape index (κ2) is 11.8. The highest BCUT2D eigenvalue weighted by Crippen LogP contribution is 2.36. The Kier molecular flexibility index (Phi) is 9.31. The molecule has 214 valence electrons. The number of carbonyl (C=O) groups is 1. The number of hydrogen-bond acceptors (Lipinski definition) is 10. The number of hydrogen-bond donors (Lipinski definition) is 0. The van der Waals surface area contributed by atoms with Gasteiger partial charge in [0.25, 0.3) is 5.88 Å². The van der Waals surface area contributed by atoms with E-state index in [1.54, 1.807) is 11.9 Å². The van der Waals surface area contributed by atoms with E-state index in [2.05, 4.69) is 38.7 Å². The van der Waals surface area contributed by atoms with Crippen LogP contribution in [0.1, 0.15) is 23.2 Å². The molecule has 0 amide bonds. The Bertz CT molecular complexity index is 1240. The summed E-state index contributed by atoms with van der Waals surface area (Å²) >= 11 is 0. The van der Waals surface area contributed by atoms with E-state index in [0.29, 0.717) is 19.7 Å². The molecule has 0 bridgehead atoms. The van der Waals surface area contributed by atoms with E-state index in [1.165, 1.54) is 10.9 Å². The molecular weight excluding hydrogens is 547 g/mol. The fraction of sp³-hybridized carbons (Fsp3) is 0.682. The number of likely N-dealkylation sites (N-methyl/N-ethyl adjacent to an activating group) is 1. The van der Waals surface area contributed by atoms with Crippen LogP contribution in [-0.2, 0) is 26.3 Å². The van der Waals surface area contributed by atoms with Crippen molar-refractivity contribution in [1.29, 1.82) is 0 Å². The Morgan fingerprint density at radius 1 is 1.21 bits per heavy atom. The average Bonchev–Trinajstić information content (AvgIpc) is 3.48. The first-order chi connectivity index (χ1) is 17.6. The fourth-order valence-electron chi connectivity index (χ4n) is 3.93. The van der Waals surface area contributed by atoms with Crippen molar-refractivity contribution in [3.05, 3.63) is 11.9 Å². The Morgan fingerprint density at radius 3 is 2.45 bits per heavy atom. The molecule has 3 heterocycles. The van der Waals surface area contributed by atoms with Crippen molar-refractivity contribution in [2.45, 2.75) is 50.8 Å². The third-order valence-corrected chi connectivity index (χ3v) is 8.76. The number of likely N-dealkylation sites (tertiary alicyclic amines) is 1. The molecule has 1 aliphatic heterocycles. The summed E-state index contributed by atoms with van der Waals surface area (Å²) in [7, 11) is -4.70. The molecule has 0 N–H and O–H groups in total. The van der Waals surface area contributed by atoms with E-state index < -0.39 is 35.5 Å². The van der Waals surface area contributed by atoms with Crippen molar-refractivity contribution in [3.63, 3.8) is 0 Å². The monoisotopic (exact) mass is 581 g/mol. The van der Waals surface area contributed by atoms with Gasteiger partial charge in [-0.25, -0.2) is 9.78 Å². The van der Waals surface area contributed by atoms with Crippen LogP contribution >= 0.6 is 0 Å². The largest absolute Gasteiger partial charge is 0.534 e. The van der Waals surface area contributed by atoms with E-state index in [-0.39, 0.29) is 29.1 Å². The molecule has 0 aliphatic carbocycles. The second-order valence-electron chi connectivity index (χ2n) is 10.3. The Balaban J connectivity index is 2.10. The molecule has 2 aromatic rings. The molecule has 1 aliphatic rings. The second-order valence-corrected chi connectivity index (χ2v) is 17.5. The van der Waals surface area contributed by atoms with Crippen molar-refractivity contribution in [2.24, 2.45) is 0 Å². The van der Waals surface area contributed by atoms with Crippen LogP contribution in [0.4, 0.5) is 19.0 Å². The van der Waals surface area contributed by atoms with Gasteiger partial charge in [0.1, 0.15) is 18.1 Å². The van der Waals surface area contributed by atoms with Crippen LogP contribution in [0.25, 0.3) is 11.0 Å². The van der Waals surface area contributed by atoms with Crippen LogP contribution in [0.5, 0.6) is 5.88 Å². The van der Waals surface area contributed by atoms with Gasteiger partial charge < -0.3 is 28.0 Å². The number of carbonyl (C=O) groups excluding carboxylic acids is 1. The molecular formula is C22H34F3N5O6SSi. The normalized spacial score (nSPS) is 15.3. The Labute approximate surface area is 221 Å². The van der Waals surface area contributed by atoms with Crippen molar-refractivity contribution < 1.29 is 40.0 Å². The molecule has 1 saturated heterocycles. The minimum absolute atomic E-state index is 0.00440. The maximum atomic E-state index is 13.2. The summed E-state index contributed by atoms with van der Waals surface area (Å²) in [5, 5.41) is 0. The van der Waals surface area contributed by atoms with Gasteiger partial charge in [0, 0.05) is 34.8 Å². The standard InChI is InChI=1S/C22H34F3N5O6SSi/c1-28(10-11-29-8-6-7-9-29)19-16(21(31)34-2)18-17(20(27-19)36-37(32,33)22(23,24)25)26-14-30(18)15-35-12-13-38(3,4)5/h14H,6-13,15H2,1-5H3. The first-order valence-corrected chi connectivity index (χ1v) is 17.3. The number of alkyl halides is 3. The predicted molar refractivity (Wildman–Crippen MR) is 138 cm³/mol. The number of aromatic nitrogens is 3. The molecule has 16 heteroatoms. The lowest BCUT2D eigenvalue weighted by molar-refractivity contribution is -0.0501. The number of nitrogens with zero attached hydrogens (tertiary/aromatic N) is 5. The molecule has 1 fully saturated rings. The maximum Gasteiger partial charge on any atom is 0.534 e. The van der Waals surface area contributed by atoms with Crippen molar-refractivity contribution in [3.8, 4) is 5.88 Å². The number of ether oxygens (including phenoxy) is 2. The molecule has 0 spiro atoms. The number of anilines is 1. The minimum Gasteiger partial charge on any atom is -0.465 e. The lowest BCUT2D eigenvalue weighted by atomic mass is 10.2. The zero-order valence-electron chi connectivity index (χ0n) is 22.2. The third kappa shape index (κ3) is 7.15. The predicted octanol–water partition coefficient (Wildman–Crippen LogP) is 3.29. The quantitative estimate of drug-likeness (QED) is 0.122. The molecule has 0 atom stereocenters. The van der Waals surface area contributed by atoms with Crippen molar-refractivity contribution in [1.82, 2.24) is 19.4 Å². The molecule has 0 aromatic carbocycles. The molecule has 3 rings (SSSR count). The lowest BCUT2D eigenvalue weighted by Gasteiger charge is -2.25. The summed E-state index contributed by atoms with van der Waals surface area (Å²) in [5.74, 6) is -1.81. The van der Waals surface area contributed by atoms with Gasteiger partial charge in [-0.2, -0.15) is 26.6 Å². The minimum atomic E-state index is -6.06. The van der Waals surface area contributed by atoms with Gasteiger partial charge in [0.05, 0.1) is 19.0 Å². The van der Waals surface area contributed by atoms with Gasteiger partial charge in [0.15, 0.2) is 5.52 Å². The highest BCUT2D eigenvalue weighted by molar-refractivity contribution is 7.88. The highest BCUT2D eigenvalue weighted by atomic mass is 32.2. The number of pyridine rings is 1. The smallest absolute Gasteiger partial charge is 0.465 e. The van der Waals surface area contributed by atoms with E-state index >= 15 is 0 Å². The van der Waals surface area contributed by atoms with Crippen LogP contribution in [0.15, 0.2) is 6.33 Å². The Hall–Kier alpha value is -2.43. The molecule has 11 nitrogen and oxygen atoms in total. The van der Waals surface area contributed by atoms with E-state index in [0.717, 1.165) is 39.1 Å².